The Morgan fingerprint density at radius 1 is 1.44 bits per heavy atom. The minimum atomic E-state index is 0.521. The van der Waals surface area contributed by atoms with Crippen LogP contribution in [0.4, 0.5) is 10.8 Å². The monoisotopic (exact) mass is 232 g/mol. The summed E-state index contributed by atoms with van der Waals surface area (Å²) in [5, 5.41) is 0.521. The summed E-state index contributed by atoms with van der Waals surface area (Å²) in [4.78, 5) is 6.46. The average Bonchev–Trinajstić information content (AvgIpc) is 2.86. The lowest BCUT2D eigenvalue weighted by Crippen LogP contribution is -2.12. The fourth-order valence-corrected chi connectivity index (χ4v) is 2.51. The van der Waals surface area contributed by atoms with E-state index < -0.39 is 0 Å². The molecule has 5 heteroatoms. The van der Waals surface area contributed by atoms with Gasteiger partial charge in [-0.05, 0) is 30.2 Å². The summed E-state index contributed by atoms with van der Waals surface area (Å²) in [5.74, 6) is 0.736. The number of nitrogens with two attached hydrogens (primary N) is 1. The molecule has 82 valence electrons. The highest BCUT2D eigenvalue weighted by atomic mass is 32.1. The van der Waals surface area contributed by atoms with Gasteiger partial charge in [0.05, 0.1) is 0 Å². The summed E-state index contributed by atoms with van der Waals surface area (Å²) in [6, 6.07) is 6.36. The van der Waals surface area contributed by atoms with Crippen LogP contribution in [0.1, 0.15) is 5.56 Å². The molecule has 1 aromatic carbocycles. The molecular weight excluding hydrogens is 220 g/mol. The first-order chi connectivity index (χ1) is 7.74. The number of hydrogen-bond donors (Lipinski definition) is 1. The van der Waals surface area contributed by atoms with E-state index in [1.807, 2.05) is 0 Å². The number of anilines is 2. The Morgan fingerprint density at radius 3 is 3.06 bits per heavy atom. The first-order valence-corrected chi connectivity index (χ1v) is 5.95. The van der Waals surface area contributed by atoms with E-state index in [0.717, 1.165) is 24.4 Å². The summed E-state index contributed by atoms with van der Waals surface area (Å²) >= 11 is 1.24. The van der Waals surface area contributed by atoms with Crippen molar-refractivity contribution in [3.05, 3.63) is 23.8 Å². The van der Waals surface area contributed by atoms with E-state index in [2.05, 4.69) is 39.5 Å². The van der Waals surface area contributed by atoms with Crippen molar-refractivity contribution in [3.63, 3.8) is 0 Å². The third kappa shape index (κ3) is 1.44. The van der Waals surface area contributed by atoms with Crippen LogP contribution >= 0.6 is 11.5 Å². The molecule has 2 aromatic rings. The van der Waals surface area contributed by atoms with Gasteiger partial charge in [-0.25, -0.2) is 0 Å². The van der Waals surface area contributed by atoms with Gasteiger partial charge in [0, 0.05) is 36.4 Å². The Balaban J connectivity index is 2.05. The average molecular weight is 232 g/mol. The van der Waals surface area contributed by atoms with Crippen molar-refractivity contribution in [2.24, 2.45) is 0 Å². The van der Waals surface area contributed by atoms with Crippen molar-refractivity contribution in [2.75, 3.05) is 24.2 Å². The number of benzene rings is 1. The fourth-order valence-electron chi connectivity index (χ4n) is 2.06. The van der Waals surface area contributed by atoms with Gasteiger partial charge in [-0.3, -0.25) is 0 Å². The number of nitrogen functional groups attached to an aromatic ring is 1. The minimum absolute atomic E-state index is 0.521. The van der Waals surface area contributed by atoms with Crippen molar-refractivity contribution in [2.45, 2.75) is 6.42 Å². The van der Waals surface area contributed by atoms with Gasteiger partial charge in [-0.15, -0.1) is 0 Å². The minimum Gasteiger partial charge on any atom is -0.374 e. The molecule has 0 fully saturated rings. The van der Waals surface area contributed by atoms with E-state index in [-0.39, 0.29) is 0 Å². The largest absolute Gasteiger partial charge is 0.374 e. The number of fused-ring (bicyclic) bond motifs is 1. The van der Waals surface area contributed by atoms with Crippen LogP contribution in [0.2, 0.25) is 0 Å². The normalized spacial score (nSPS) is 14.2. The topological polar surface area (TPSA) is 55.0 Å². The Bertz CT molecular complexity index is 535. The Kier molecular flexibility index (Phi) is 2.07. The molecule has 2 heterocycles. The molecule has 0 bridgehead atoms. The van der Waals surface area contributed by atoms with Crippen molar-refractivity contribution in [1.82, 2.24) is 9.36 Å². The van der Waals surface area contributed by atoms with Crippen LogP contribution in [0.25, 0.3) is 11.4 Å². The summed E-state index contributed by atoms with van der Waals surface area (Å²) in [5.41, 5.74) is 9.33. The van der Waals surface area contributed by atoms with Crippen molar-refractivity contribution in [1.29, 1.82) is 0 Å². The number of rotatable bonds is 1. The third-order valence-electron chi connectivity index (χ3n) is 2.91. The maximum atomic E-state index is 5.59. The Labute approximate surface area is 97.9 Å². The SMILES string of the molecule is CN1CCc2cc(-c3nsc(N)n3)ccc21. The Hall–Kier alpha value is -1.62. The molecule has 0 saturated carbocycles. The molecule has 0 spiro atoms. The van der Waals surface area contributed by atoms with E-state index in [0.29, 0.717) is 5.13 Å². The fraction of sp³-hybridized carbons (Fsp3) is 0.273. The predicted molar refractivity (Wildman–Crippen MR) is 66.7 cm³/mol. The molecule has 0 radical (unpaired) electrons. The summed E-state index contributed by atoms with van der Waals surface area (Å²) in [6.07, 6.45) is 1.10. The molecule has 1 aliphatic rings. The first kappa shape index (κ1) is 9.59. The van der Waals surface area contributed by atoms with E-state index in [4.69, 9.17) is 5.73 Å². The van der Waals surface area contributed by atoms with Crippen LogP contribution in [0.15, 0.2) is 18.2 Å². The molecule has 3 rings (SSSR count). The molecule has 0 atom stereocenters. The summed E-state index contributed by atoms with van der Waals surface area (Å²) < 4.78 is 4.22. The zero-order chi connectivity index (χ0) is 11.1. The van der Waals surface area contributed by atoms with Gasteiger partial charge in [0.15, 0.2) is 11.0 Å². The van der Waals surface area contributed by atoms with Crippen LogP contribution in [0.5, 0.6) is 0 Å². The highest BCUT2D eigenvalue weighted by molar-refractivity contribution is 7.09. The van der Waals surface area contributed by atoms with Gasteiger partial charge in [0.25, 0.3) is 0 Å². The quantitative estimate of drug-likeness (QED) is 0.814. The molecule has 0 amide bonds. The van der Waals surface area contributed by atoms with Crippen LogP contribution in [0.3, 0.4) is 0 Å². The van der Waals surface area contributed by atoms with Gasteiger partial charge in [0.1, 0.15) is 0 Å². The van der Waals surface area contributed by atoms with Gasteiger partial charge < -0.3 is 10.6 Å². The molecule has 0 aliphatic carbocycles. The van der Waals surface area contributed by atoms with Gasteiger partial charge in [-0.1, -0.05) is 0 Å². The van der Waals surface area contributed by atoms with Crippen molar-refractivity contribution in [3.8, 4) is 11.4 Å². The lowest BCUT2D eigenvalue weighted by molar-refractivity contribution is 0.956. The molecular formula is C11H12N4S. The van der Waals surface area contributed by atoms with E-state index in [9.17, 15) is 0 Å². The van der Waals surface area contributed by atoms with Crippen LogP contribution in [-0.2, 0) is 6.42 Å². The number of aromatic nitrogens is 2. The zero-order valence-electron chi connectivity index (χ0n) is 8.97. The lowest BCUT2D eigenvalue weighted by atomic mass is 10.1. The van der Waals surface area contributed by atoms with E-state index >= 15 is 0 Å². The number of hydrogen-bond acceptors (Lipinski definition) is 5. The second kappa shape index (κ2) is 3.45. The molecule has 16 heavy (non-hydrogen) atoms. The molecule has 0 saturated heterocycles. The summed E-state index contributed by atoms with van der Waals surface area (Å²) in [6.45, 7) is 1.09. The molecule has 1 aliphatic heterocycles. The third-order valence-corrected chi connectivity index (χ3v) is 3.45. The van der Waals surface area contributed by atoms with Crippen molar-refractivity contribution < 1.29 is 0 Å². The molecule has 4 nitrogen and oxygen atoms in total. The standard InChI is InChI=1S/C11H12N4S/c1-15-5-4-7-6-8(2-3-9(7)15)10-13-11(12)16-14-10/h2-3,6H,4-5H2,1H3,(H2,12,13,14). The highest BCUT2D eigenvalue weighted by Crippen LogP contribution is 2.30. The predicted octanol–water partition coefficient (Wildman–Crippen LogP) is 1.78. The van der Waals surface area contributed by atoms with Gasteiger partial charge in [-0.2, -0.15) is 9.36 Å². The first-order valence-electron chi connectivity index (χ1n) is 5.17. The van der Waals surface area contributed by atoms with Gasteiger partial charge >= 0.3 is 0 Å². The van der Waals surface area contributed by atoms with Crippen LogP contribution in [-0.4, -0.2) is 22.9 Å². The van der Waals surface area contributed by atoms with Crippen molar-refractivity contribution >= 4 is 22.4 Å². The highest BCUT2D eigenvalue weighted by Gasteiger charge is 2.16. The second-order valence-corrected chi connectivity index (χ2v) is 4.75. The van der Waals surface area contributed by atoms with Crippen LogP contribution in [0, 0.1) is 0 Å². The second-order valence-electron chi connectivity index (χ2n) is 3.97. The molecule has 2 N–H and O–H groups in total. The summed E-state index contributed by atoms with van der Waals surface area (Å²) in [7, 11) is 2.12. The lowest BCUT2D eigenvalue weighted by Gasteiger charge is -2.11. The molecule has 1 aromatic heterocycles. The maximum Gasteiger partial charge on any atom is 0.200 e. The zero-order valence-corrected chi connectivity index (χ0v) is 9.79. The maximum absolute atomic E-state index is 5.59. The smallest absolute Gasteiger partial charge is 0.200 e. The van der Waals surface area contributed by atoms with E-state index in [1.165, 1.54) is 22.8 Å². The van der Waals surface area contributed by atoms with Gasteiger partial charge in [0.2, 0.25) is 0 Å². The molecule has 0 unspecified atom stereocenters. The van der Waals surface area contributed by atoms with Crippen LogP contribution < -0.4 is 10.6 Å². The number of likely N-dealkylation sites (N-methyl/N-ethyl adjacent to an activating group) is 1. The Morgan fingerprint density at radius 2 is 2.31 bits per heavy atom. The number of nitrogens with zero attached hydrogens (tertiary/aromatic N) is 3. The van der Waals surface area contributed by atoms with E-state index in [1.54, 1.807) is 0 Å².